The van der Waals surface area contributed by atoms with Gasteiger partial charge < -0.3 is 10.4 Å². The van der Waals surface area contributed by atoms with Crippen LogP contribution in [0.25, 0.3) is 0 Å². The maximum atomic E-state index is 11.4. The van der Waals surface area contributed by atoms with Crippen LogP contribution in [0.5, 0.6) is 0 Å². The van der Waals surface area contributed by atoms with Gasteiger partial charge >= 0.3 is 0 Å². The van der Waals surface area contributed by atoms with Crippen molar-refractivity contribution in [1.29, 1.82) is 0 Å². The van der Waals surface area contributed by atoms with Gasteiger partial charge in [-0.25, -0.2) is 0 Å². The Morgan fingerprint density at radius 2 is 1.56 bits per heavy atom. The summed E-state index contributed by atoms with van der Waals surface area (Å²) < 4.78 is 0. The molecule has 0 radical (unpaired) electrons. The Morgan fingerprint density at radius 1 is 1.04 bits per heavy atom. The standard InChI is InChI=1S/C23H29NO/c1-5-14-23(25)15-21(19-10-6-16(2)7-11-19)24-22(18(23)4)20-12-8-17(3)9-13-20/h5-13,18,21-22,24-25H,1,14-15H2,2-4H3/p+1/t18-,21-,22+,23-/m1/s1. The minimum absolute atomic E-state index is 0.162. The van der Waals surface area contributed by atoms with Crippen LogP contribution in [0.2, 0.25) is 0 Å². The Bertz CT molecular complexity index is 719. The largest absolute Gasteiger partial charge is 0.389 e. The van der Waals surface area contributed by atoms with E-state index in [0.717, 1.165) is 6.42 Å². The first kappa shape index (κ1) is 17.9. The van der Waals surface area contributed by atoms with Crippen LogP contribution in [0.15, 0.2) is 61.2 Å². The summed E-state index contributed by atoms with van der Waals surface area (Å²) in [5, 5.41) is 13.9. The summed E-state index contributed by atoms with van der Waals surface area (Å²) in [5.41, 5.74) is 4.39. The molecule has 3 N–H and O–H groups in total. The molecule has 1 heterocycles. The quantitative estimate of drug-likeness (QED) is 0.814. The monoisotopic (exact) mass is 336 g/mol. The zero-order valence-corrected chi connectivity index (χ0v) is 15.6. The number of hydrogen-bond donors (Lipinski definition) is 2. The Morgan fingerprint density at radius 3 is 2.08 bits per heavy atom. The van der Waals surface area contributed by atoms with Crippen LogP contribution in [-0.4, -0.2) is 10.7 Å². The molecule has 1 saturated heterocycles. The molecule has 0 aliphatic carbocycles. The number of hydrogen-bond acceptors (Lipinski definition) is 1. The van der Waals surface area contributed by atoms with E-state index in [1.165, 1.54) is 22.3 Å². The molecule has 1 aliphatic rings. The normalized spacial score (nSPS) is 29.4. The van der Waals surface area contributed by atoms with Crippen molar-refractivity contribution in [2.45, 2.75) is 51.3 Å². The lowest BCUT2D eigenvalue weighted by Crippen LogP contribution is -2.91. The highest BCUT2D eigenvalue weighted by Gasteiger charge is 2.48. The molecule has 0 aromatic heterocycles. The third-order valence-electron chi connectivity index (χ3n) is 5.86. The number of piperidine rings is 1. The fourth-order valence-electron chi connectivity index (χ4n) is 4.14. The van der Waals surface area contributed by atoms with Gasteiger partial charge in [0.1, 0.15) is 12.1 Å². The Labute approximate surface area is 151 Å². The van der Waals surface area contributed by atoms with Crippen LogP contribution in [0.4, 0.5) is 0 Å². The first-order valence-corrected chi connectivity index (χ1v) is 9.24. The van der Waals surface area contributed by atoms with Gasteiger partial charge in [0.2, 0.25) is 0 Å². The minimum atomic E-state index is -0.721. The van der Waals surface area contributed by atoms with E-state index in [1.54, 1.807) is 0 Å². The summed E-state index contributed by atoms with van der Waals surface area (Å²) in [5.74, 6) is 0.162. The number of nitrogens with two attached hydrogens (primary N) is 1. The summed E-state index contributed by atoms with van der Waals surface area (Å²) in [6.45, 7) is 10.3. The fourth-order valence-corrected chi connectivity index (χ4v) is 4.14. The molecule has 132 valence electrons. The lowest BCUT2D eigenvalue weighted by molar-refractivity contribution is -0.756. The highest BCUT2D eigenvalue weighted by molar-refractivity contribution is 5.27. The second-order valence-electron chi connectivity index (χ2n) is 7.74. The zero-order chi connectivity index (χ0) is 18.0. The molecule has 2 nitrogen and oxygen atoms in total. The van der Waals surface area contributed by atoms with Crippen LogP contribution in [-0.2, 0) is 0 Å². The molecule has 0 spiro atoms. The van der Waals surface area contributed by atoms with E-state index in [2.05, 4.69) is 81.2 Å². The van der Waals surface area contributed by atoms with E-state index in [9.17, 15) is 5.11 Å². The zero-order valence-electron chi connectivity index (χ0n) is 15.6. The molecule has 2 aromatic carbocycles. The summed E-state index contributed by atoms with van der Waals surface area (Å²) in [6.07, 6.45) is 3.25. The molecule has 0 unspecified atom stereocenters. The highest BCUT2D eigenvalue weighted by Crippen LogP contribution is 2.40. The smallest absolute Gasteiger partial charge is 0.117 e. The van der Waals surface area contributed by atoms with Gasteiger partial charge in [-0.1, -0.05) is 72.7 Å². The van der Waals surface area contributed by atoms with Crippen LogP contribution in [0.1, 0.15) is 54.1 Å². The van der Waals surface area contributed by atoms with Gasteiger partial charge in [-0.3, -0.25) is 0 Å². The van der Waals surface area contributed by atoms with E-state index < -0.39 is 5.60 Å². The molecule has 3 rings (SSSR count). The van der Waals surface area contributed by atoms with Crippen LogP contribution in [0.3, 0.4) is 0 Å². The summed E-state index contributed by atoms with van der Waals surface area (Å²) in [7, 11) is 0. The highest BCUT2D eigenvalue weighted by atomic mass is 16.3. The van der Waals surface area contributed by atoms with E-state index in [-0.39, 0.29) is 18.0 Å². The molecule has 0 saturated carbocycles. The van der Waals surface area contributed by atoms with Crippen LogP contribution in [0, 0.1) is 19.8 Å². The topological polar surface area (TPSA) is 36.8 Å². The van der Waals surface area contributed by atoms with Gasteiger partial charge in [0.15, 0.2) is 0 Å². The van der Waals surface area contributed by atoms with Gasteiger partial charge in [-0.2, -0.15) is 0 Å². The molecule has 1 fully saturated rings. The van der Waals surface area contributed by atoms with Gasteiger partial charge in [0, 0.05) is 23.5 Å². The van der Waals surface area contributed by atoms with E-state index in [4.69, 9.17) is 0 Å². The fraction of sp³-hybridized carbons (Fsp3) is 0.391. The number of aryl methyl sites for hydroxylation is 2. The van der Waals surface area contributed by atoms with Gasteiger partial charge in [0.25, 0.3) is 0 Å². The summed E-state index contributed by atoms with van der Waals surface area (Å²) in [4.78, 5) is 0. The average molecular weight is 336 g/mol. The van der Waals surface area contributed by atoms with E-state index in [0.29, 0.717) is 6.42 Å². The number of benzene rings is 2. The molecule has 2 heteroatoms. The SMILES string of the molecule is C=CC[C@@]1(O)C[C@H](c2ccc(C)cc2)[NH2+][C@H](c2ccc(C)cc2)[C@H]1C. The number of aliphatic hydroxyl groups is 1. The molecule has 0 amide bonds. The Hall–Kier alpha value is -1.90. The predicted molar refractivity (Wildman–Crippen MR) is 103 cm³/mol. The molecular formula is C23H30NO+. The summed E-state index contributed by atoms with van der Waals surface area (Å²) >= 11 is 0. The molecule has 0 bridgehead atoms. The van der Waals surface area contributed by atoms with Crippen molar-refractivity contribution in [2.75, 3.05) is 0 Å². The van der Waals surface area contributed by atoms with Crippen molar-refractivity contribution < 1.29 is 10.4 Å². The molecule has 25 heavy (non-hydrogen) atoms. The third-order valence-corrected chi connectivity index (χ3v) is 5.86. The first-order valence-electron chi connectivity index (χ1n) is 9.24. The molecular weight excluding hydrogens is 306 g/mol. The number of quaternary nitrogens is 1. The van der Waals surface area contributed by atoms with Gasteiger partial charge in [-0.05, 0) is 20.3 Å². The van der Waals surface area contributed by atoms with Gasteiger partial charge in [-0.15, -0.1) is 6.58 Å². The maximum Gasteiger partial charge on any atom is 0.117 e. The third kappa shape index (κ3) is 3.70. The second kappa shape index (κ2) is 7.15. The Balaban J connectivity index is 1.97. The predicted octanol–water partition coefficient (Wildman–Crippen LogP) is 4.00. The summed E-state index contributed by atoms with van der Waals surface area (Å²) in [6, 6.07) is 18.0. The maximum absolute atomic E-state index is 11.4. The van der Waals surface area contributed by atoms with Crippen molar-refractivity contribution in [3.05, 3.63) is 83.4 Å². The van der Waals surface area contributed by atoms with E-state index in [1.807, 2.05) is 6.08 Å². The van der Waals surface area contributed by atoms with Crippen molar-refractivity contribution >= 4 is 0 Å². The Kier molecular flexibility index (Phi) is 5.12. The number of rotatable bonds is 4. The molecule has 1 aliphatic heterocycles. The van der Waals surface area contributed by atoms with Crippen LogP contribution >= 0.6 is 0 Å². The minimum Gasteiger partial charge on any atom is -0.389 e. The first-order chi connectivity index (χ1) is 11.9. The second-order valence-corrected chi connectivity index (χ2v) is 7.74. The molecule has 4 atom stereocenters. The molecule has 2 aromatic rings. The van der Waals surface area contributed by atoms with Crippen molar-refractivity contribution in [2.24, 2.45) is 5.92 Å². The lowest BCUT2D eigenvalue weighted by atomic mass is 9.70. The lowest BCUT2D eigenvalue weighted by Gasteiger charge is -2.44. The van der Waals surface area contributed by atoms with Crippen molar-refractivity contribution in [3.8, 4) is 0 Å². The van der Waals surface area contributed by atoms with Crippen molar-refractivity contribution in [1.82, 2.24) is 0 Å². The van der Waals surface area contributed by atoms with Crippen molar-refractivity contribution in [3.63, 3.8) is 0 Å². The van der Waals surface area contributed by atoms with E-state index >= 15 is 0 Å². The van der Waals surface area contributed by atoms with Gasteiger partial charge in [0.05, 0.1) is 5.60 Å². The average Bonchev–Trinajstić information content (AvgIpc) is 2.59. The van der Waals surface area contributed by atoms with Crippen LogP contribution < -0.4 is 5.32 Å².